The van der Waals surface area contributed by atoms with Gasteiger partial charge in [-0.05, 0) is 48.2 Å². The van der Waals surface area contributed by atoms with E-state index in [1.165, 1.54) is 21.2 Å². The molecule has 0 saturated carbocycles. The van der Waals surface area contributed by atoms with Crippen molar-refractivity contribution in [1.82, 2.24) is 0 Å². The molecule has 2 aromatic rings. The van der Waals surface area contributed by atoms with Crippen molar-refractivity contribution in [3.8, 4) is 0 Å². The molecule has 1 unspecified atom stereocenters. The molecule has 1 atom stereocenters. The lowest BCUT2D eigenvalue weighted by Gasteiger charge is -2.03. The van der Waals surface area contributed by atoms with E-state index in [-0.39, 0.29) is 6.04 Å². The summed E-state index contributed by atoms with van der Waals surface area (Å²) in [6.07, 6.45) is 0.975. The molecule has 1 heterocycles. The molecule has 0 aliphatic heterocycles. The van der Waals surface area contributed by atoms with Crippen LogP contribution in [-0.4, -0.2) is 6.04 Å². The normalized spacial score (nSPS) is 13.4. The van der Waals surface area contributed by atoms with E-state index in [9.17, 15) is 0 Å². The predicted molar refractivity (Wildman–Crippen MR) is 63.9 cm³/mol. The molecule has 0 saturated heterocycles. The molecular formula is C12H15NS. The number of benzene rings is 1. The molecule has 1 nitrogen and oxygen atoms in total. The fraction of sp³-hybridized carbons (Fsp3) is 0.333. The van der Waals surface area contributed by atoms with E-state index in [2.05, 4.69) is 37.4 Å². The number of rotatable bonds is 2. The van der Waals surface area contributed by atoms with Crippen LogP contribution in [0.2, 0.25) is 0 Å². The van der Waals surface area contributed by atoms with Gasteiger partial charge in [-0.3, -0.25) is 0 Å². The van der Waals surface area contributed by atoms with Gasteiger partial charge in [0.25, 0.3) is 0 Å². The van der Waals surface area contributed by atoms with Gasteiger partial charge in [0, 0.05) is 10.7 Å². The Hall–Kier alpha value is -0.860. The number of hydrogen-bond donors (Lipinski definition) is 1. The topological polar surface area (TPSA) is 26.0 Å². The highest BCUT2D eigenvalue weighted by Crippen LogP contribution is 2.27. The summed E-state index contributed by atoms with van der Waals surface area (Å²) in [7, 11) is 0. The van der Waals surface area contributed by atoms with Gasteiger partial charge in [0.05, 0.1) is 0 Å². The van der Waals surface area contributed by atoms with Gasteiger partial charge in [0.2, 0.25) is 0 Å². The molecular weight excluding hydrogens is 190 g/mol. The maximum atomic E-state index is 5.81. The maximum absolute atomic E-state index is 5.81. The van der Waals surface area contributed by atoms with Crippen molar-refractivity contribution in [2.45, 2.75) is 26.3 Å². The van der Waals surface area contributed by atoms with Crippen LogP contribution in [-0.2, 0) is 6.42 Å². The van der Waals surface area contributed by atoms with E-state index in [0.717, 1.165) is 6.42 Å². The molecule has 0 radical (unpaired) electrons. The molecule has 2 rings (SSSR count). The van der Waals surface area contributed by atoms with Crippen LogP contribution in [0.4, 0.5) is 0 Å². The second kappa shape index (κ2) is 3.71. The fourth-order valence-corrected chi connectivity index (χ4v) is 2.77. The highest BCUT2D eigenvalue weighted by molar-refractivity contribution is 7.17. The SMILES string of the molecule is Cc1ccc2c(CC(C)N)csc2c1. The summed E-state index contributed by atoms with van der Waals surface area (Å²) in [4.78, 5) is 0. The van der Waals surface area contributed by atoms with E-state index in [1.54, 1.807) is 0 Å². The van der Waals surface area contributed by atoms with E-state index in [4.69, 9.17) is 5.73 Å². The van der Waals surface area contributed by atoms with Gasteiger partial charge in [0.15, 0.2) is 0 Å². The maximum Gasteiger partial charge on any atom is 0.0348 e. The number of hydrogen-bond acceptors (Lipinski definition) is 2. The Morgan fingerprint density at radius 1 is 1.43 bits per heavy atom. The lowest BCUT2D eigenvalue weighted by Crippen LogP contribution is -2.17. The van der Waals surface area contributed by atoms with Crippen LogP contribution in [0.3, 0.4) is 0 Å². The van der Waals surface area contributed by atoms with Crippen LogP contribution >= 0.6 is 11.3 Å². The smallest absolute Gasteiger partial charge is 0.0348 e. The summed E-state index contributed by atoms with van der Waals surface area (Å²) in [5, 5.41) is 3.60. The second-order valence-electron chi connectivity index (χ2n) is 3.94. The summed E-state index contributed by atoms with van der Waals surface area (Å²) in [5.41, 5.74) is 8.52. The van der Waals surface area contributed by atoms with Gasteiger partial charge in [-0.1, -0.05) is 12.1 Å². The first-order valence-electron chi connectivity index (χ1n) is 4.89. The van der Waals surface area contributed by atoms with Crippen LogP contribution in [0.5, 0.6) is 0 Å². The quantitative estimate of drug-likeness (QED) is 0.801. The minimum Gasteiger partial charge on any atom is -0.328 e. The zero-order chi connectivity index (χ0) is 10.1. The standard InChI is InChI=1S/C12H15NS/c1-8-3-4-11-10(6-9(2)13)7-14-12(11)5-8/h3-5,7,9H,6,13H2,1-2H3. The largest absolute Gasteiger partial charge is 0.328 e. The number of fused-ring (bicyclic) bond motifs is 1. The monoisotopic (exact) mass is 205 g/mol. The summed E-state index contributed by atoms with van der Waals surface area (Å²) >= 11 is 1.81. The summed E-state index contributed by atoms with van der Waals surface area (Å²) in [6, 6.07) is 6.86. The third-order valence-corrected chi connectivity index (χ3v) is 3.35. The van der Waals surface area contributed by atoms with E-state index >= 15 is 0 Å². The van der Waals surface area contributed by atoms with Crippen LogP contribution in [0, 0.1) is 6.92 Å². The van der Waals surface area contributed by atoms with Gasteiger partial charge in [0.1, 0.15) is 0 Å². The predicted octanol–water partition coefficient (Wildman–Crippen LogP) is 3.10. The molecule has 0 aliphatic carbocycles. The number of aryl methyl sites for hydroxylation is 1. The third kappa shape index (κ3) is 1.81. The molecule has 74 valence electrons. The van der Waals surface area contributed by atoms with Gasteiger partial charge in [-0.2, -0.15) is 0 Å². The summed E-state index contributed by atoms with van der Waals surface area (Å²) in [6.45, 7) is 4.18. The molecule has 0 aliphatic rings. The van der Waals surface area contributed by atoms with Crippen molar-refractivity contribution in [2.24, 2.45) is 5.73 Å². The van der Waals surface area contributed by atoms with Gasteiger partial charge < -0.3 is 5.73 Å². The van der Waals surface area contributed by atoms with Crippen molar-refractivity contribution < 1.29 is 0 Å². The zero-order valence-corrected chi connectivity index (χ0v) is 9.40. The molecule has 0 bridgehead atoms. The Morgan fingerprint density at radius 3 is 2.93 bits per heavy atom. The Labute approximate surface area is 88.6 Å². The van der Waals surface area contributed by atoms with Crippen LogP contribution in [0.25, 0.3) is 10.1 Å². The van der Waals surface area contributed by atoms with Gasteiger partial charge in [-0.25, -0.2) is 0 Å². The van der Waals surface area contributed by atoms with E-state index < -0.39 is 0 Å². The molecule has 0 fully saturated rings. The van der Waals surface area contributed by atoms with Crippen LogP contribution in [0.1, 0.15) is 18.1 Å². The zero-order valence-electron chi connectivity index (χ0n) is 8.58. The minimum atomic E-state index is 0.245. The van der Waals surface area contributed by atoms with Crippen LogP contribution < -0.4 is 5.73 Å². The average Bonchev–Trinajstić information content (AvgIpc) is 2.47. The molecule has 2 heteroatoms. The lowest BCUT2D eigenvalue weighted by molar-refractivity contribution is 0.743. The Morgan fingerprint density at radius 2 is 2.21 bits per heavy atom. The molecule has 0 amide bonds. The molecule has 1 aromatic heterocycles. The highest BCUT2D eigenvalue weighted by Gasteiger charge is 2.05. The van der Waals surface area contributed by atoms with Gasteiger partial charge in [-0.15, -0.1) is 11.3 Å². The van der Waals surface area contributed by atoms with Crippen LogP contribution in [0.15, 0.2) is 23.6 Å². The Balaban J connectivity index is 2.47. The van der Waals surface area contributed by atoms with Crippen molar-refractivity contribution >= 4 is 21.4 Å². The lowest BCUT2D eigenvalue weighted by atomic mass is 10.1. The number of nitrogens with two attached hydrogens (primary N) is 1. The highest BCUT2D eigenvalue weighted by atomic mass is 32.1. The van der Waals surface area contributed by atoms with Crippen molar-refractivity contribution in [1.29, 1.82) is 0 Å². The second-order valence-corrected chi connectivity index (χ2v) is 4.85. The first-order chi connectivity index (χ1) is 6.66. The Bertz CT molecular complexity index is 443. The first kappa shape index (κ1) is 9.69. The minimum absolute atomic E-state index is 0.245. The molecule has 14 heavy (non-hydrogen) atoms. The summed E-state index contributed by atoms with van der Waals surface area (Å²) < 4.78 is 1.38. The van der Waals surface area contributed by atoms with Crippen molar-refractivity contribution in [3.63, 3.8) is 0 Å². The number of thiophene rings is 1. The first-order valence-corrected chi connectivity index (χ1v) is 5.77. The molecule has 2 N–H and O–H groups in total. The average molecular weight is 205 g/mol. The van der Waals surface area contributed by atoms with Crippen molar-refractivity contribution in [3.05, 3.63) is 34.7 Å². The molecule has 1 aromatic carbocycles. The Kier molecular flexibility index (Phi) is 2.57. The van der Waals surface area contributed by atoms with Crippen molar-refractivity contribution in [2.75, 3.05) is 0 Å². The third-order valence-electron chi connectivity index (χ3n) is 2.35. The summed E-state index contributed by atoms with van der Waals surface area (Å²) in [5.74, 6) is 0. The van der Waals surface area contributed by atoms with E-state index in [0.29, 0.717) is 0 Å². The van der Waals surface area contributed by atoms with Gasteiger partial charge >= 0.3 is 0 Å². The fourth-order valence-electron chi connectivity index (χ4n) is 1.70. The van der Waals surface area contributed by atoms with E-state index in [1.807, 2.05) is 11.3 Å². The molecule has 0 spiro atoms.